The summed E-state index contributed by atoms with van der Waals surface area (Å²) in [6, 6.07) is 1.81. The molecule has 0 aliphatic heterocycles. The second-order valence-corrected chi connectivity index (χ2v) is 3.31. The van der Waals surface area contributed by atoms with Gasteiger partial charge in [-0.05, 0) is 13.8 Å². The molecule has 0 aliphatic rings. The number of carbonyl (C=O) groups excluding carboxylic acids is 1. The zero-order chi connectivity index (χ0) is 11.3. The second-order valence-electron chi connectivity index (χ2n) is 3.31. The van der Waals surface area contributed by atoms with E-state index < -0.39 is 0 Å². The highest BCUT2D eigenvalue weighted by Crippen LogP contribution is 2.09. The third kappa shape index (κ3) is 3.93. The highest BCUT2D eigenvalue weighted by atomic mass is 16.1. The van der Waals surface area contributed by atoms with Crippen molar-refractivity contribution in [3.05, 3.63) is 11.9 Å². The number of carbonyl (C=O) groups is 1. The SMILES string of the molecule is CNc1cc(NCCC(C)=O)nc(C)n1. The predicted molar refractivity (Wildman–Crippen MR) is 60.1 cm³/mol. The zero-order valence-corrected chi connectivity index (χ0v) is 9.29. The van der Waals surface area contributed by atoms with Gasteiger partial charge in [0, 0.05) is 26.1 Å². The molecule has 0 atom stereocenters. The maximum atomic E-state index is 10.7. The fourth-order valence-electron chi connectivity index (χ4n) is 1.15. The molecule has 0 spiro atoms. The van der Waals surface area contributed by atoms with Crippen LogP contribution in [0.1, 0.15) is 19.2 Å². The largest absolute Gasteiger partial charge is 0.373 e. The summed E-state index contributed by atoms with van der Waals surface area (Å²) in [5, 5.41) is 6.03. The summed E-state index contributed by atoms with van der Waals surface area (Å²) in [5.41, 5.74) is 0. The van der Waals surface area contributed by atoms with Crippen molar-refractivity contribution < 1.29 is 4.79 Å². The minimum absolute atomic E-state index is 0.169. The minimum atomic E-state index is 0.169. The number of nitrogens with zero attached hydrogens (tertiary/aromatic N) is 2. The van der Waals surface area contributed by atoms with Crippen LogP contribution in [-0.4, -0.2) is 29.3 Å². The van der Waals surface area contributed by atoms with Gasteiger partial charge in [-0.3, -0.25) is 4.79 Å². The zero-order valence-electron chi connectivity index (χ0n) is 9.29. The molecule has 0 radical (unpaired) electrons. The van der Waals surface area contributed by atoms with Gasteiger partial charge in [-0.15, -0.1) is 0 Å². The van der Waals surface area contributed by atoms with E-state index in [4.69, 9.17) is 0 Å². The van der Waals surface area contributed by atoms with Gasteiger partial charge in [0.15, 0.2) is 0 Å². The van der Waals surface area contributed by atoms with E-state index in [1.165, 1.54) is 0 Å². The first kappa shape index (κ1) is 11.4. The maximum Gasteiger partial charge on any atom is 0.131 e. The van der Waals surface area contributed by atoms with Crippen molar-refractivity contribution in [3.8, 4) is 0 Å². The maximum absolute atomic E-state index is 10.7. The molecule has 5 heteroatoms. The summed E-state index contributed by atoms with van der Waals surface area (Å²) in [4.78, 5) is 19.1. The number of hydrogen-bond donors (Lipinski definition) is 2. The standard InChI is InChI=1S/C10H16N4O/c1-7(15)4-5-12-10-6-9(11-3)13-8(2)14-10/h6H,4-5H2,1-3H3,(H2,11,12,13,14). The highest BCUT2D eigenvalue weighted by molar-refractivity contribution is 5.75. The van der Waals surface area contributed by atoms with Crippen LogP contribution in [-0.2, 0) is 4.79 Å². The lowest BCUT2D eigenvalue weighted by Crippen LogP contribution is -2.08. The van der Waals surface area contributed by atoms with Gasteiger partial charge < -0.3 is 10.6 Å². The minimum Gasteiger partial charge on any atom is -0.373 e. The number of aryl methyl sites for hydroxylation is 1. The van der Waals surface area contributed by atoms with Crippen LogP contribution in [0.15, 0.2) is 6.07 Å². The lowest BCUT2D eigenvalue weighted by atomic mass is 10.3. The molecule has 0 fully saturated rings. The number of ketones is 1. The number of rotatable bonds is 5. The topological polar surface area (TPSA) is 66.9 Å². The fraction of sp³-hybridized carbons (Fsp3) is 0.500. The molecule has 0 aromatic carbocycles. The molecule has 1 aromatic heterocycles. The summed E-state index contributed by atoms with van der Waals surface area (Å²) in [7, 11) is 1.81. The van der Waals surface area contributed by atoms with Crippen LogP contribution < -0.4 is 10.6 Å². The Hall–Kier alpha value is -1.65. The van der Waals surface area contributed by atoms with Crippen molar-refractivity contribution in [2.24, 2.45) is 0 Å². The Morgan fingerprint density at radius 3 is 2.67 bits per heavy atom. The quantitative estimate of drug-likeness (QED) is 0.761. The van der Waals surface area contributed by atoms with Crippen molar-refractivity contribution in [1.29, 1.82) is 0 Å². The molecule has 1 aromatic rings. The van der Waals surface area contributed by atoms with Crippen LogP contribution in [0, 0.1) is 6.92 Å². The lowest BCUT2D eigenvalue weighted by molar-refractivity contribution is -0.116. The molecule has 0 amide bonds. The van der Waals surface area contributed by atoms with Crippen LogP contribution in [0.3, 0.4) is 0 Å². The van der Waals surface area contributed by atoms with E-state index in [9.17, 15) is 4.79 Å². The number of aromatic nitrogens is 2. The number of Topliss-reactive ketones (excluding diaryl/α,β-unsaturated/α-hetero) is 1. The molecule has 0 saturated carbocycles. The Labute approximate surface area is 89.3 Å². The van der Waals surface area contributed by atoms with Gasteiger partial charge in [0.1, 0.15) is 23.2 Å². The first-order chi connectivity index (χ1) is 7.11. The Kier molecular flexibility index (Phi) is 4.03. The van der Waals surface area contributed by atoms with Crippen molar-refractivity contribution >= 4 is 17.4 Å². The van der Waals surface area contributed by atoms with Gasteiger partial charge in [-0.25, -0.2) is 9.97 Å². The first-order valence-electron chi connectivity index (χ1n) is 4.88. The molecule has 0 aliphatic carbocycles. The Balaban J connectivity index is 2.60. The van der Waals surface area contributed by atoms with Gasteiger partial charge in [0.05, 0.1) is 0 Å². The Morgan fingerprint density at radius 2 is 2.07 bits per heavy atom. The highest BCUT2D eigenvalue weighted by Gasteiger charge is 2.00. The Morgan fingerprint density at radius 1 is 1.40 bits per heavy atom. The summed E-state index contributed by atoms with van der Waals surface area (Å²) < 4.78 is 0. The van der Waals surface area contributed by atoms with E-state index in [1.807, 2.05) is 13.0 Å². The third-order valence-corrected chi connectivity index (χ3v) is 1.88. The third-order valence-electron chi connectivity index (χ3n) is 1.88. The van der Waals surface area contributed by atoms with E-state index in [-0.39, 0.29) is 5.78 Å². The molecule has 0 saturated heterocycles. The van der Waals surface area contributed by atoms with Crippen molar-refractivity contribution in [1.82, 2.24) is 9.97 Å². The number of nitrogens with one attached hydrogen (secondary N) is 2. The second kappa shape index (κ2) is 5.29. The smallest absolute Gasteiger partial charge is 0.131 e. The van der Waals surface area contributed by atoms with Crippen molar-refractivity contribution in [3.63, 3.8) is 0 Å². The molecule has 2 N–H and O–H groups in total. The lowest BCUT2D eigenvalue weighted by Gasteiger charge is -2.07. The average Bonchev–Trinajstić information content (AvgIpc) is 2.16. The average molecular weight is 208 g/mol. The van der Waals surface area contributed by atoms with Gasteiger partial charge >= 0.3 is 0 Å². The molecule has 1 rings (SSSR count). The normalized spacial score (nSPS) is 9.80. The Bertz CT molecular complexity index is 351. The molecular weight excluding hydrogens is 192 g/mol. The van der Waals surface area contributed by atoms with E-state index in [0.29, 0.717) is 18.8 Å². The van der Waals surface area contributed by atoms with Gasteiger partial charge in [-0.1, -0.05) is 0 Å². The summed E-state index contributed by atoms with van der Waals surface area (Å²) >= 11 is 0. The summed E-state index contributed by atoms with van der Waals surface area (Å²) in [6.45, 7) is 4.01. The predicted octanol–water partition coefficient (Wildman–Crippen LogP) is 1.22. The van der Waals surface area contributed by atoms with Crippen LogP contribution in [0.4, 0.5) is 11.6 Å². The van der Waals surface area contributed by atoms with Gasteiger partial charge in [0.25, 0.3) is 0 Å². The van der Waals surface area contributed by atoms with Crippen LogP contribution in [0.2, 0.25) is 0 Å². The molecule has 1 heterocycles. The van der Waals surface area contributed by atoms with Crippen LogP contribution in [0.5, 0.6) is 0 Å². The van der Waals surface area contributed by atoms with Gasteiger partial charge in [0.2, 0.25) is 0 Å². The number of anilines is 2. The summed E-state index contributed by atoms with van der Waals surface area (Å²) in [6.07, 6.45) is 0.512. The summed E-state index contributed by atoms with van der Waals surface area (Å²) in [5.74, 6) is 2.38. The van der Waals surface area contributed by atoms with Crippen LogP contribution in [0.25, 0.3) is 0 Å². The molecule has 0 unspecified atom stereocenters. The molecular formula is C10H16N4O. The van der Waals surface area contributed by atoms with Crippen LogP contribution >= 0.6 is 0 Å². The van der Waals surface area contributed by atoms with E-state index in [2.05, 4.69) is 20.6 Å². The fourth-order valence-corrected chi connectivity index (χ4v) is 1.15. The van der Waals surface area contributed by atoms with E-state index >= 15 is 0 Å². The molecule has 5 nitrogen and oxygen atoms in total. The van der Waals surface area contributed by atoms with Crippen molar-refractivity contribution in [2.75, 3.05) is 24.2 Å². The van der Waals surface area contributed by atoms with Gasteiger partial charge in [-0.2, -0.15) is 0 Å². The number of hydrogen-bond acceptors (Lipinski definition) is 5. The molecule has 15 heavy (non-hydrogen) atoms. The monoisotopic (exact) mass is 208 g/mol. The first-order valence-corrected chi connectivity index (χ1v) is 4.88. The molecule has 0 bridgehead atoms. The van der Waals surface area contributed by atoms with E-state index in [1.54, 1.807) is 14.0 Å². The van der Waals surface area contributed by atoms with Crippen molar-refractivity contribution in [2.45, 2.75) is 20.3 Å². The molecule has 82 valence electrons. The van der Waals surface area contributed by atoms with E-state index in [0.717, 1.165) is 11.6 Å².